The molecule has 0 unspecified atom stereocenters. The Labute approximate surface area is 213 Å². The predicted octanol–water partition coefficient (Wildman–Crippen LogP) is 4.00. The summed E-state index contributed by atoms with van der Waals surface area (Å²) in [5, 5.41) is 3.91. The van der Waals surface area contributed by atoms with Crippen LogP contribution in [-0.2, 0) is 33.3 Å². The zero-order valence-corrected chi connectivity index (χ0v) is 21.6. The van der Waals surface area contributed by atoms with Gasteiger partial charge in [-0.05, 0) is 34.8 Å². The molecule has 1 aromatic carbocycles. The summed E-state index contributed by atoms with van der Waals surface area (Å²) in [6.07, 6.45) is -2.05. The number of fused-ring (bicyclic) bond motifs is 1. The third kappa shape index (κ3) is 5.12. The number of imidazole rings is 1. The Kier molecular flexibility index (Phi) is 7.28. The second kappa shape index (κ2) is 9.88. The van der Waals surface area contributed by atoms with Crippen molar-refractivity contribution in [3.63, 3.8) is 0 Å². The van der Waals surface area contributed by atoms with E-state index in [0.717, 1.165) is 12.8 Å². The van der Waals surface area contributed by atoms with Gasteiger partial charge >= 0.3 is 17.9 Å². The van der Waals surface area contributed by atoms with Gasteiger partial charge < -0.3 is 24.3 Å². The molecule has 2 heterocycles. The molecule has 0 radical (unpaired) electrons. The van der Waals surface area contributed by atoms with E-state index in [2.05, 4.69) is 26.2 Å². The maximum absolute atomic E-state index is 12.0. The van der Waals surface area contributed by atoms with Gasteiger partial charge in [-0.3, -0.25) is 19.0 Å². The summed E-state index contributed by atoms with van der Waals surface area (Å²) in [6, 6.07) is 1.85. The molecule has 0 amide bonds. The molecule has 13 heteroatoms. The van der Waals surface area contributed by atoms with Crippen LogP contribution in [0.1, 0.15) is 39.8 Å². The third-order valence-corrected chi connectivity index (χ3v) is 7.12. The second-order valence-electron chi connectivity index (χ2n) is 8.09. The van der Waals surface area contributed by atoms with E-state index in [0.29, 0.717) is 26.5 Å². The minimum Gasteiger partial charge on any atom is -0.463 e. The van der Waals surface area contributed by atoms with Gasteiger partial charge in [0.25, 0.3) is 0 Å². The molecule has 1 N–H and O–H groups in total. The first-order chi connectivity index (χ1) is 16.1. The summed E-state index contributed by atoms with van der Waals surface area (Å²) in [4.78, 5) is 40.0. The van der Waals surface area contributed by atoms with Crippen LogP contribution >= 0.6 is 39.1 Å². The fourth-order valence-electron chi connectivity index (χ4n) is 3.81. The van der Waals surface area contributed by atoms with Crippen molar-refractivity contribution in [2.24, 2.45) is 0 Å². The summed E-state index contributed by atoms with van der Waals surface area (Å²) in [7, 11) is 0. The molecule has 2 aliphatic rings. The van der Waals surface area contributed by atoms with Crippen LogP contribution in [0.25, 0.3) is 11.0 Å². The average Bonchev–Trinajstić information content (AvgIpc) is 3.42. The summed E-state index contributed by atoms with van der Waals surface area (Å²) in [5.74, 6) is -1.31. The van der Waals surface area contributed by atoms with Gasteiger partial charge in [-0.25, -0.2) is 4.98 Å². The SMILES string of the molecule is CC(=O)OC[C@@H]1O[C@H](n2c(NC3CC3)nc3c(Br)c(Cl)c(Cl)cc32)[C@@H](OC(C)=O)[C@H]1OC(C)=O. The van der Waals surface area contributed by atoms with Crippen LogP contribution in [0.5, 0.6) is 0 Å². The van der Waals surface area contributed by atoms with Crippen molar-refractivity contribution in [2.75, 3.05) is 11.9 Å². The number of carbonyl (C=O) groups excluding carboxylic acids is 3. The van der Waals surface area contributed by atoms with Gasteiger partial charge in [0, 0.05) is 26.8 Å². The van der Waals surface area contributed by atoms with E-state index >= 15 is 0 Å². The van der Waals surface area contributed by atoms with Gasteiger partial charge in [-0.2, -0.15) is 0 Å². The van der Waals surface area contributed by atoms with Gasteiger partial charge in [0.05, 0.1) is 20.0 Å². The van der Waals surface area contributed by atoms with Crippen molar-refractivity contribution in [1.29, 1.82) is 0 Å². The first kappa shape index (κ1) is 25.0. The van der Waals surface area contributed by atoms with Gasteiger partial charge in [-0.15, -0.1) is 0 Å². The molecule has 4 atom stereocenters. The van der Waals surface area contributed by atoms with E-state index in [9.17, 15) is 14.4 Å². The number of anilines is 1. The largest absolute Gasteiger partial charge is 0.463 e. The highest BCUT2D eigenvalue weighted by Crippen LogP contribution is 2.43. The van der Waals surface area contributed by atoms with Crippen LogP contribution in [0.2, 0.25) is 10.0 Å². The molecule has 0 bridgehead atoms. The highest BCUT2D eigenvalue weighted by Gasteiger charge is 2.51. The monoisotopic (exact) mass is 577 g/mol. The Morgan fingerprint density at radius 3 is 2.38 bits per heavy atom. The standard InChI is InChI=1S/C21H22BrCl2N3O7/c1-8(28)31-7-14-18(32-9(2)29)19(33-10(3)30)20(34-14)27-13-6-12(23)16(24)15(22)17(13)26-21(27)25-11-4-5-11/h6,11,14,18-20H,4-5,7H2,1-3H3,(H,25,26)/t14-,18-,19-,20-/m0/s1. The molecule has 0 spiro atoms. The van der Waals surface area contributed by atoms with Crippen LogP contribution in [-0.4, -0.2) is 58.4 Å². The minimum atomic E-state index is -1.06. The summed E-state index contributed by atoms with van der Waals surface area (Å²) >= 11 is 16.1. The van der Waals surface area contributed by atoms with Crippen molar-refractivity contribution in [1.82, 2.24) is 9.55 Å². The van der Waals surface area contributed by atoms with E-state index in [-0.39, 0.29) is 17.7 Å². The number of halogens is 3. The van der Waals surface area contributed by atoms with E-state index < -0.39 is 42.4 Å². The number of nitrogens with zero attached hydrogens (tertiary/aromatic N) is 2. The van der Waals surface area contributed by atoms with Crippen LogP contribution in [0, 0.1) is 0 Å². The number of ether oxygens (including phenoxy) is 4. The van der Waals surface area contributed by atoms with E-state index in [1.165, 1.54) is 20.8 Å². The molecule has 2 aromatic rings. The molecule has 1 aliphatic carbocycles. The molecule has 34 heavy (non-hydrogen) atoms. The zero-order valence-electron chi connectivity index (χ0n) is 18.5. The molecule has 1 saturated carbocycles. The molecule has 1 saturated heterocycles. The summed E-state index contributed by atoms with van der Waals surface area (Å²) in [6.45, 7) is 3.51. The molecule has 4 rings (SSSR count). The second-order valence-corrected chi connectivity index (χ2v) is 9.67. The van der Waals surface area contributed by atoms with E-state index in [1.54, 1.807) is 10.6 Å². The molecular weight excluding hydrogens is 557 g/mol. The average molecular weight is 579 g/mol. The Morgan fingerprint density at radius 1 is 1.15 bits per heavy atom. The van der Waals surface area contributed by atoms with Gasteiger partial charge in [0.2, 0.25) is 5.95 Å². The highest BCUT2D eigenvalue weighted by molar-refractivity contribution is 9.10. The number of benzene rings is 1. The maximum atomic E-state index is 12.0. The number of hydrogen-bond donors (Lipinski definition) is 1. The van der Waals surface area contributed by atoms with Gasteiger partial charge in [0.1, 0.15) is 18.2 Å². The molecule has 1 aromatic heterocycles. The minimum absolute atomic E-state index is 0.212. The Hall–Kier alpha value is -2.08. The smallest absolute Gasteiger partial charge is 0.303 e. The molecule has 2 fully saturated rings. The van der Waals surface area contributed by atoms with Gasteiger partial charge in [0.15, 0.2) is 18.4 Å². The number of rotatable bonds is 7. The van der Waals surface area contributed by atoms with Crippen molar-refractivity contribution < 1.29 is 33.3 Å². The first-order valence-electron chi connectivity index (χ1n) is 10.5. The van der Waals surface area contributed by atoms with Crippen LogP contribution in [0.3, 0.4) is 0 Å². The predicted molar refractivity (Wildman–Crippen MR) is 126 cm³/mol. The summed E-state index contributed by atoms with van der Waals surface area (Å²) < 4.78 is 24.6. The Balaban J connectivity index is 1.85. The quantitative estimate of drug-likeness (QED) is 0.295. The van der Waals surface area contributed by atoms with E-state index in [4.69, 9.17) is 42.1 Å². The lowest BCUT2D eigenvalue weighted by Crippen LogP contribution is -2.40. The first-order valence-corrected chi connectivity index (χ1v) is 12.1. The topological polar surface area (TPSA) is 118 Å². The lowest BCUT2D eigenvalue weighted by Gasteiger charge is -2.25. The Bertz CT molecular complexity index is 1150. The number of nitrogens with one attached hydrogen (secondary N) is 1. The molecule has 184 valence electrons. The summed E-state index contributed by atoms with van der Waals surface area (Å²) in [5.41, 5.74) is 1.05. The third-order valence-electron chi connectivity index (χ3n) is 5.33. The van der Waals surface area contributed by atoms with Crippen molar-refractivity contribution in [2.45, 2.75) is 64.2 Å². The fraction of sp³-hybridized carbons (Fsp3) is 0.524. The highest BCUT2D eigenvalue weighted by atomic mass is 79.9. The number of aromatic nitrogens is 2. The van der Waals surface area contributed by atoms with Crippen LogP contribution in [0.15, 0.2) is 10.5 Å². The van der Waals surface area contributed by atoms with E-state index in [1.807, 2.05) is 0 Å². The fourth-order valence-corrected chi connectivity index (χ4v) is 4.77. The van der Waals surface area contributed by atoms with Crippen molar-refractivity contribution in [3.8, 4) is 0 Å². The number of esters is 3. The van der Waals surface area contributed by atoms with Gasteiger partial charge in [-0.1, -0.05) is 23.2 Å². The van der Waals surface area contributed by atoms with Crippen LogP contribution < -0.4 is 5.32 Å². The zero-order chi connectivity index (χ0) is 24.7. The lowest BCUT2D eigenvalue weighted by atomic mass is 10.1. The van der Waals surface area contributed by atoms with Crippen molar-refractivity contribution in [3.05, 3.63) is 20.6 Å². The normalized spacial score (nSPS) is 24.2. The molecular formula is C21H22BrCl2N3O7. The van der Waals surface area contributed by atoms with Crippen molar-refractivity contribution >= 4 is 74.0 Å². The number of carbonyl (C=O) groups is 3. The molecule has 1 aliphatic heterocycles. The maximum Gasteiger partial charge on any atom is 0.303 e. The van der Waals surface area contributed by atoms with Crippen LogP contribution in [0.4, 0.5) is 5.95 Å². The Morgan fingerprint density at radius 2 is 1.79 bits per heavy atom. The number of hydrogen-bond acceptors (Lipinski definition) is 9. The molecule has 10 nitrogen and oxygen atoms in total. The lowest BCUT2D eigenvalue weighted by molar-refractivity contribution is -0.166.